The normalized spacial score (nSPS) is 9.57. The van der Waals surface area contributed by atoms with Crippen molar-refractivity contribution in [1.29, 1.82) is 0 Å². The molecule has 0 aliphatic rings. The molecule has 0 atom stereocenters. The molecule has 0 amide bonds. The van der Waals surface area contributed by atoms with Gasteiger partial charge in [-0.3, -0.25) is 0 Å². The molecule has 77 valence electrons. The average molecular weight is 266 g/mol. The molecule has 0 bridgehead atoms. The molecule has 0 rings (SSSR count). The SMILES string of the molecule is C[Se]=CC(=O)C(=O)OOC(=O)C(C)=O. The van der Waals surface area contributed by atoms with Gasteiger partial charge in [-0.25, -0.2) is 0 Å². The molecule has 1 radical (unpaired) electrons. The Morgan fingerprint density at radius 3 is 2.00 bits per heavy atom. The Morgan fingerprint density at radius 2 is 1.57 bits per heavy atom. The van der Waals surface area contributed by atoms with Gasteiger partial charge in [0.15, 0.2) is 0 Å². The molecule has 0 aliphatic heterocycles. The Labute approximate surface area is 85.2 Å². The predicted octanol–water partition coefficient (Wildman–Crippen LogP) is -1.30. The van der Waals surface area contributed by atoms with Crippen LogP contribution in [-0.2, 0) is 29.0 Å². The average Bonchev–Trinajstić information content (AvgIpc) is 2.13. The van der Waals surface area contributed by atoms with Crippen molar-refractivity contribution in [3.05, 3.63) is 0 Å². The Balaban J connectivity index is 4.03. The van der Waals surface area contributed by atoms with Crippen molar-refractivity contribution in [2.45, 2.75) is 12.7 Å². The predicted molar refractivity (Wildman–Crippen MR) is 45.6 cm³/mol. The molecule has 6 nitrogen and oxygen atoms in total. The summed E-state index contributed by atoms with van der Waals surface area (Å²) in [6, 6.07) is 0. The van der Waals surface area contributed by atoms with E-state index in [0.29, 0.717) is 0 Å². The first-order chi connectivity index (χ1) is 6.49. The van der Waals surface area contributed by atoms with Crippen molar-refractivity contribution < 1.29 is 29.0 Å². The minimum atomic E-state index is -1.33. The summed E-state index contributed by atoms with van der Waals surface area (Å²) in [5.41, 5.74) is 0. The second-order valence-electron chi connectivity index (χ2n) is 2.02. The summed E-state index contributed by atoms with van der Waals surface area (Å²) in [5.74, 6) is -2.76. The fourth-order valence-corrected chi connectivity index (χ4v) is 0.982. The monoisotopic (exact) mass is 267 g/mol. The fourth-order valence-electron chi connectivity index (χ4n) is 0.331. The summed E-state index contributed by atoms with van der Waals surface area (Å²) < 4.78 is 0. The van der Waals surface area contributed by atoms with E-state index in [1.165, 1.54) is 0 Å². The molecule has 0 saturated carbocycles. The summed E-state index contributed by atoms with van der Waals surface area (Å²) in [6.07, 6.45) is 0. The van der Waals surface area contributed by atoms with Crippen LogP contribution in [0.5, 0.6) is 0 Å². The third-order valence-corrected chi connectivity index (χ3v) is 1.85. The summed E-state index contributed by atoms with van der Waals surface area (Å²) >= 11 is -0.124. The van der Waals surface area contributed by atoms with E-state index < -0.39 is 23.5 Å². The molecule has 0 heterocycles. The molecule has 14 heavy (non-hydrogen) atoms. The topological polar surface area (TPSA) is 86.7 Å². The Bertz CT molecular complexity index is 305. The summed E-state index contributed by atoms with van der Waals surface area (Å²) in [6.45, 7) is 0.944. The van der Waals surface area contributed by atoms with Crippen LogP contribution in [-0.4, -0.2) is 42.9 Å². The molecular formula is C7H7O6Se. The second-order valence-corrected chi connectivity index (χ2v) is 3.50. The number of Topliss-reactive ketones (excluding diaryl/α,β-unsaturated/α-hetero) is 2. The van der Waals surface area contributed by atoms with Gasteiger partial charge in [0.25, 0.3) is 0 Å². The van der Waals surface area contributed by atoms with Crippen LogP contribution in [0, 0.1) is 0 Å². The molecule has 0 fully saturated rings. The summed E-state index contributed by atoms with van der Waals surface area (Å²) in [7, 11) is 0. The molecular weight excluding hydrogens is 259 g/mol. The van der Waals surface area contributed by atoms with Gasteiger partial charge in [0.05, 0.1) is 0 Å². The van der Waals surface area contributed by atoms with Crippen LogP contribution in [0.15, 0.2) is 0 Å². The van der Waals surface area contributed by atoms with E-state index in [2.05, 4.69) is 9.78 Å². The second kappa shape index (κ2) is 6.17. The van der Waals surface area contributed by atoms with Crippen molar-refractivity contribution in [3.63, 3.8) is 0 Å². The maximum absolute atomic E-state index is 10.7. The van der Waals surface area contributed by atoms with E-state index in [1.807, 2.05) is 0 Å². The van der Waals surface area contributed by atoms with Crippen LogP contribution in [0.3, 0.4) is 0 Å². The van der Waals surface area contributed by atoms with Crippen LogP contribution in [0.2, 0.25) is 5.82 Å². The van der Waals surface area contributed by atoms with Gasteiger partial charge in [0.1, 0.15) is 0 Å². The molecule has 0 saturated heterocycles. The van der Waals surface area contributed by atoms with Gasteiger partial charge in [0.2, 0.25) is 0 Å². The molecule has 0 aromatic carbocycles. The quantitative estimate of drug-likeness (QED) is 0.273. The zero-order chi connectivity index (χ0) is 11.1. The van der Waals surface area contributed by atoms with Crippen LogP contribution < -0.4 is 0 Å². The van der Waals surface area contributed by atoms with E-state index in [9.17, 15) is 19.2 Å². The molecule has 0 aromatic rings. The van der Waals surface area contributed by atoms with Gasteiger partial charge in [-0.2, -0.15) is 0 Å². The maximum atomic E-state index is 10.7. The van der Waals surface area contributed by atoms with Crippen molar-refractivity contribution in [2.24, 2.45) is 0 Å². The third kappa shape index (κ3) is 4.64. The first-order valence-corrected chi connectivity index (χ1v) is 6.03. The van der Waals surface area contributed by atoms with Crippen molar-refractivity contribution in [2.75, 3.05) is 0 Å². The van der Waals surface area contributed by atoms with Gasteiger partial charge < -0.3 is 0 Å². The van der Waals surface area contributed by atoms with Crippen LogP contribution in [0.1, 0.15) is 6.92 Å². The molecule has 0 aromatic heterocycles. The zero-order valence-corrected chi connectivity index (χ0v) is 9.15. The van der Waals surface area contributed by atoms with Crippen LogP contribution in [0.25, 0.3) is 0 Å². The fraction of sp³-hybridized carbons (Fsp3) is 0.286. The molecule has 0 spiro atoms. The first-order valence-electron chi connectivity index (χ1n) is 3.32. The summed E-state index contributed by atoms with van der Waals surface area (Å²) in [4.78, 5) is 50.9. The Morgan fingerprint density at radius 1 is 1.07 bits per heavy atom. The van der Waals surface area contributed by atoms with E-state index in [4.69, 9.17) is 0 Å². The van der Waals surface area contributed by atoms with E-state index >= 15 is 0 Å². The third-order valence-electron chi connectivity index (χ3n) is 0.907. The zero-order valence-electron chi connectivity index (χ0n) is 7.44. The number of carbonyl (C=O) groups is 4. The van der Waals surface area contributed by atoms with Gasteiger partial charge in [-0.05, 0) is 0 Å². The van der Waals surface area contributed by atoms with Crippen LogP contribution in [0.4, 0.5) is 0 Å². The van der Waals surface area contributed by atoms with Crippen molar-refractivity contribution in [3.8, 4) is 0 Å². The minimum absolute atomic E-state index is 0.124. The van der Waals surface area contributed by atoms with Crippen molar-refractivity contribution in [1.82, 2.24) is 0 Å². The van der Waals surface area contributed by atoms with E-state index in [-0.39, 0.29) is 14.5 Å². The van der Waals surface area contributed by atoms with Gasteiger partial charge >= 0.3 is 84.6 Å². The number of hydrogen-bond acceptors (Lipinski definition) is 6. The molecule has 7 heteroatoms. The number of rotatable bonds is 3. The molecule has 0 aliphatic carbocycles. The van der Waals surface area contributed by atoms with Gasteiger partial charge in [0, 0.05) is 0 Å². The summed E-state index contributed by atoms with van der Waals surface area (Å²) in [5, 5.41) is 0. The Kier molecular flexibility index (Phi) is 5.59. The van der Waals surface area contributed by atoms with E-state index in [0.717, 1.165) is 11.8 Å². The first kappa shape index (κ1) is 12.7. The molecule has 0 unspecified atom stereocenters. The van der Waals surface area contributed by atoms with Crippen LogP contribution >= 0.6 is 0 Å². The Hall–Kier alpha value is -1.33. The van der Waals surface area contributed by atoms with Crippen molar-refractivity contribution >= 4 is 42.9 Å². The van der Waals surface area contributed by atoms with Gasteiger partial charge in [-0.15, -0.1) is 0 Å². The van der Waals surface area contributed by atoms with E-state index in [1.54, 1.807) is 5.82 Å². The van der Waals surface area contributed by atoms with Gasteiger partial charge in [-0.1, -0.05) is 0 Å². The standard InChI is InChI=1S/C7H7O6Se/c1-4(8)6(10)12-13-7(11)5(9)3-14-2/h3H,1-2H3. The number of ketones is 2. The number of hydrogen-bond donors (Lipinski definition) is 0. The number of carbonyl (C=O) groups excluding carboxylic acids is 4. The molecule has 0 N–H and O–H groups in total.